The quantitative estimate of drug-likeness (QED) is 0.654. The van der Waals surface area contributed by atoms with Crippen molar-refractivity contribution in [3.05, 3.63) is 0 Å². The van der Waals surface area contributed by atoms with Gasteiger partial charge in [0.05, 0.1) is 12.2 Å². The van der Waals surface area contributed by atoms with E-state index in [1.807, 2.05) is 0 Å². The van der Waals surface area contributed by atoms with Crippen molar-refractivity contribution in [1.82, 2.24) is 0 Å². The number of thioether (sulfide) groups is 1. The van der Waals surface area contributed by atoms with Gasteiger partial charge in [0.2, 0.25) is 0 Å². The second kappa shape index (κ2) is 3.66. The molecule has 0 spiro atoms. The molecule has 1 fully saturated rings. The van der Waals surface area contributed by atoms with Crippen LogP contribution in [0.15, 0.2) is 0 Å². The first-order valence-electron chi connectivity index (χ1n) is 4.08. The first kappa shape index (κ1) is 9.86. The van der Waals surface area contributed by atoms with Gasteiger partial charge in [-0.25, -0.2) is 0 Å². The van der Waals surface area contributed by atoms with Crippen LogP contribution in [-0.2, 0) is 9.53 Å². The summed E-state index contributed by atoms with van der Waals surface area (Å²) >= 11 is 1.47. The van der Waals surface area contributed by atoms with Crippen LogP contribution in [0, 0.1) is 0 Å². The number of ether oxygens (including phenoxy) is 1. The molecule has 0 aromatic heterocycles. The van der Waals surface area contributed by atoms with Crippen LogP contribution >= 0.6 is 11.8 Å². The summed E-state index contributed by atoms with van der Waals surface area (Å²) in [6, 6.07) is 0. The van der Waals surface area contributed by atoms with Crippen molar-refractivity contribution in [2.24, 2.45) is 0 Å². The number of carbonyl (C=O) groups is 1. The maximum atomic E-state index is 11.3. The van der Waals surface area contributed by atoms with Crippen LogP contribution in [0.3, 0.4) is 0 Å². The minimum atomic E-state index is -0.878. The topological polar surface area (TPSA) is 46.5 Å². The first-order valence-corrected chi connectivity index (χ1v) is 5.13. The normalized spacial score (nSPS) is 35.1. The minimum Gasteiger partial charge on any atom is -0.465 e. The molecule has 1 aliphatic rings. The number of aliphatic hydroxyl groups is 1. The summed E-state index contributed by atoms with van der Waals surface area (Å²) in [6.07, 6.45) is 0.668. The second-order valence-electron chi connectivity index (χ2n) is 3.11. The van der Waals surface area contributed by atoms with Crippen molar-refractivity contribution in [3.63, 3.8) is 0 Å². The summed E-state index contributed by atoms with van der Waals surface area (Å²) in [7, 11) is 0. The Morgan fingerprint density at radius 1 is 1.83 bits per heavy atom. The van der Waals surface area contributed by atoms with Crippen LogP contribution in [0.2, 0.25) is 0 Å². The zero-order valence-corrected chi connectivity index (χ0v) is 8.19. The second-order valence-corrected chi connectivity index (χ2v) is 4.32. The molecule has 1 rings (SSSR count). The molecule has 0 aliphatic carbocycles. The third-order valence-corrected chi connectivity index (χ3v) is 3.43. The van der Waals surface area contributed by atoms with Crippen molar-refractivity contribution >= 4 is 17.7 Å². The predicted molar refractivity (Wildman–Crippen MR) is 48.1 cm³/mol. The third kappa shape index (κ3) is 1.93. The molecule has 2 unspecified atom stereocenters. The Labute approximate surface area is 76.5 Å². The average Bonchev–Trinajstić information content (AvgIpc) is 2.30. The molecule has 2 atom stereocenters. The van der Waals surface area contributed by atoms with E-state index < -0.39 is 10.9 Å². The fourth-order valence-corrected chi connectivity index (χ4v) is 2.68. The highest BCUT2D eigenvalue weighted by atomic mass is 32.2. The zero-order valence-electron chi connectivity index (χ0n) is 7.37. The van der Waals surface area contributed by atoms with Gasteiger partial charge in [0.1, 0.15) is 5.25 Å². The SMILES string of the molecule is CCOC(=O)C1SCCC1(C)O. The van der Waals surface area contributed by atoms with Gasteiger partial charge >= 0.3 is 5.97 Å². The van der Waals surface area contributed by atoms with E-state index in [1.54, 1.807) is 13.8 Å². The van der Waals surface area contributed by atoms with E-state index in [-0.39, 0.29) is 5.97 Å². The van der Waals surface area contributed by atoms with Gasteiger partial charge < -0.3 is 9.84 Å². The maximum absolute atomic E-state index is 11.3. The molecule has 0 aromatic rings. The summed E-state index contributed by atoms with van der Waals surface area (Å²) < 4.78 is 4.84. The van der Waals surface area contributed by atoms with Crippen LogP contribution in [0.5, 0.6) is 0 Å². The molecule has 70 valence electrons. The highest BCUT2D eigenvalue weighted by Gasteiger charge is 2.43. The van der Waals surface area contributed by atoms with Gasteiger partial charge in [-0.15, -0.1) is 11.8 Å². The number of hydrogen-bond acceptors (Lipinski definition) is 4. The molecule has 3 nitrogen and oxygen atoms in total. The Balaban J connectivity index is 2.56. The zero-order chi connectivity index (χ0) is 9.19. The van der Waals surface area contributed by atoms with E-state index in [2.05, 4.69) is 0 Å². The number of esters is 1. The molecular weight excluding hydrogens is 176 g/mol. The monoisotopic (exact) mass is 190 g/mol. The summed E-state index contributed by atoms with van der Waals surface area (Å²) in [5.74, 6) is 0.543. The molecule has 1 heterocycles. The molecular formula is C8H14O3S. The Morgan fingerprint density at radius 2 is 2.50 bits per heavy atom. The molecule has 12 heavy (non-hydrogen) atoms. The molecule has 1 N–H and O–H groups in total. The lowest BCUT2D eigenvalue weighted by Crippen LogP contribution is -2.39. The van der Waals surface area contributed by atoms with Crippen molar-refractivity contribution in [2.45, 2.75) is 31.1 Å². The fourth-order valence-electron chi connectivity index (χ4n) is 1.23. The predicted octanol–water partition coefficient (Wildman–Crippen LogP) is 0.806. The van der Waals surface area contributed by atoms with Gasteiger partial charge in [-0.3, -0.25) is 4.79 Å². The van der Waals surface area contributed by atoms with E-state index in [0.717, 1.165) is 5.75 Å². The fraction of sp³-hybridized carbons (Fsp3) is 0.875. The van der Waals surface area contributed by atoms with Crippen LogP contribution < -0.4 is 0 Å². The smallest absolute Gasteiger partial charge is 0.322 e. The molecule has 4 heteroatoms. The summed E-state index contributed by atoms with van der Waals surface area (Å²) in [5.41, 5.74) is -0.878. The van der Waals surface area contributed by atoms with Crippen molar-refractivity contribution in [2.75, 3.05) is 12.4 Å². The third-order valence-electron chi connectivity index (χ3n) is 1.96. The lowest BCUT2D eigenvalue weighted by atomic mass is 9.99. The summed E-state index contributed by atoms with van der Waals surface area (Å²) in [4.78, 5) is 11.3. The molecule has 0 bridgehead atoms. The lowest BCUT2D eigenvalue weighted by Gasteiger charge is -2.22. The van der Waals surface area contributed by atoms with Crippen LogP contribution in [0.1, 0.15) is 20.3 Å². The van der Waals surface area contributed by atoms with Crippen LogP contribution in [0.4, 0.5) is 0 Å². The molecule has 0 aromatic carbocycles. The van der Waals surface area contributed by atoms with Gasteiger partial charge in [0, 0.05) is 0 Å². The Hall–Kier alpha value is -0.220. The molecule has 0 saturated carbocycles. The number of rotatable bonds is 2. The first-order chi connectivity index (χ1) is 5.58. The summed E-state index contributed by atoms with van der Waals surface area (Å²) in [6.45, 7) is 3.84. The Morgan fingerprint density at radius 3 is 2.92 bits per heavy atom. The molecule has 0 amide bonds. The van der Waals surface area contributed by atoms with Gasteiger partial charge in [-0.1, -0.05) is 0 Å². The van der Waals surface area contributed by atoms with Crippen molar-refractivity contribution in [3.8, 4) is 0 Å². The summed E-state index contributed by atoms with van der Waals surface area (Å²) in [5, 5.41) is 9.34. The van der Waals surface area contributed by atoms with E-state index in [9.17, 15) is 9.90 Å². The Kier molecular flexibility index (Phi) is 3.01. The number of carbonyl (C=O) groups excluding carboxylic acids is 1. The highest BCUT2D eigenvalue weighted by molar-refractivity contribution is 8.00. The maximum Gasteiger partial charge on any atom is 0.322 e. The lowest BCUT2D eigenvalue weighted by molar-refractivity contribution is -0.146. The Bertz CT molecular complexity index is 179. The largest absolute Gasteiger partial charge is 0.465 e. The van der Waals surface area contributed by atoms with E-state index in [4.69, 9.17) is 4.74 Å². The van der Waals surface area contributed by atoms with Gasteiger partial charge in [0.25, 0.3) is 0 Å². The highest BCUT2D eigenvalue weighted by Crippen LogP contribution is 2.36. The van der Waals surface area contributed by atoms with Crippen molar-refractivity contribution in [1.29, 1.82) is 0 Å². The van der Waals surface area contributed by atoms with Crippen LogP contribution in [-0.4, -0.2) is 34.3 Å². The average molecular weight is 190 g/mol. The minimum absolute atomic E-state index is 0.287. The van der Waals surface area contributed by atoms with Crippen molar-refractivity contribution < 1.29 is 14.6 Å². The molecule has 1 saturated heterocycles. The van der Waals surface area contributed by atoms with E-state index in [0.29, 0.717) is 13.0 Å². The van der Waals surface area contributed by atoms with E-state index in [1.165, 1.54) is 11.8 Å². The number of hydrogen-bond donors (Lipinski definition) is 1. The molecule has 0 radical (unpaired) electrons. The van der Waals surface area contributed by atoms with Gasteiger partial charge in [-0.2, -0.15) is 0 Å². The van der Waals surface area contributed by atoms with Gasteiger partial charge in [0.15, 0.2) is 0 Å². The molecule has 1 aliphatic heterocycles. The van der Waals surface area contributed by atoms with Crippen LogP contribution in [0.25, 0.3) is 0 Å². The standard InChI is InChI=1S/C8H14O3S/c1-3-11-7(9)6-8(2,10)4-5-12-6/h6,10H,3-5H2,1-2H3. The van der Waals surface area contributed by atoms with E-state index >= 15 is 0 Å². The van der Waals surface area contributed by atoms with Gasteiger partial charge in [-0.05, 0) is 26.0 Å².